The molecule has 0 fully saturated rings. The fourth-order valence-corrected chi connectivity index (χ4v) is 2.94. The van der Waals surface area contributed by atoms with Crippen molar-refractivity contribution >= 4 is 13.3 Å². The van der Waals surface area contributed by atoms with E-state index in [1.54, 1.807) is 18.2 Å². The lowest BCUT2D eigenvalue weighted by molar-refractivity contribution is 0.236. The van der Waals surface area contributed by atoms with Crippen LogP contribution in [-0.2, 0) is 19.8 Å². The van der Waals surface area contributed by atoms with Crippen molar-refractivity contribution in [1.82, 2.24) is 0 Å². The van der Waals surface area contributed by atoms with E-state index in [4.69, 9.17) is 14.8 Å². The first-order valence-corrected chi connectivity index (χ1v) is 7.27. The van der Waals surface area contributed by atoms with Crippen LogP contribution in [0.1, 0.15) is 5.56 Å². The molecule has 5 heteroatoms. The summed E-state index contributed by atoms with van der Waals surface area (Å²) < 4.78 is 22.9. The summed E-state index contributed by atoms with van der Waals surface area (Å²) in [6.45, 7) is 7.40. The van der Waals surface area contributed by atoms with Crippen LogP contribution in [0.15, 0.2) is 49.6 Å². The van der Waals surface area contributed by atoms with Gasteiger partial charge in [-0.3, -0.25) is 4.57 Å². The van der Waals surface area contributed by atoms with Gasteiger partial charge in [0.15, 0.2) is 0 Å². The minimum absolute atomic E-state index is 0.177. The number of hydrogen-bond donors (Lipinski definition) is 1. The molecule has 0 saturated heterocycles. The van der Waals surface area contributed by atoms with Crippen LogP contribution in [-0.4, -0.2) is 13.2 Å². The van der Waals surface area contributed by atoms with Gasteiger partial charge in [-0.1, -0.05) is 24.3 Å². The number of nitrogens with two attached hydrogens (primary N) is 1. The third-order valence-corrected chi connectivity index (χ3v) is 3.94. The van der Waals surface area contributed by atoms with Gasteiger partial charge in [0.25, 0.3) is 0 Å². The molecule has 0 radical (unpaired) electrons. The van der Waals surface area contributed by atoms with Crippen LogP contribution in [0, 0.1) is 0 Å². The molecular weight excluding hydrogens is 249 g/mol. The van der Waals surface area contributed by atoms with Gasteiger partial charge in [-0.15, -0.1) is 13.2 Å². The van der Waals surface area contributed by atoms with E-state index < -0.39 is 7.60 Å². The van der Waals surface area contributed by atoms with Crippen LogP contribution in [0.5, 0.6) is 0 Å². The molecule has 1 aromatic rings. The standard InChI is InChI=1S/C13H18NO3P/c1-3-8-16-18(15,17-9-4-2)11-12-6-5-7-13(14)10-12/h3-7,10H,1-2,8-9,11,14H2. The van der Waals surface area contributed by atoms with Crippen molar-refractivity contribution in [2.45, 2.75) is 6.16 Å². The van der Waals surface area contributed by atoms with Crippen LogP contribution in [0.3, 0.4) is 0 Å². The maximum Gasteiger partial charge on any atom is 0.335 e. The van der Waals surface area contributed by atoms with E-state index in [2.05, 4.69) is 13.2 Å². The van der Waals surface area contributed by atoms with E-state index in [0.717, 1.165) is 5.56 Å². The predicted molar refractivity (Wildman–Crippen MR) is 74.5 cm³/mol. The molecule has 18 heavy (non-hydrogen) atoms. The summed E-state index contributed by atoms with van der Waals surface area (Å²) in [6, 6.07) is 7.15. The molecule has 98 valence electrons. The maximum atomic E-state index is 12.4. The van der Waals surface area contributed by atoms with E-state index in [1.807, 2.05) is 6.07 Å². The molecule has 0 aliphatic rings. The van der Waals surface area contributed by atoms with Gasteiger partial charge >= 0.3 is 7.60 Å². The molecule has 0 atom stereocenters. The monoisotopic (exact) mass is 267 g/mol. The van der Waals surface area contributed by atoms with Gasteiger partial charge in [-0.2, -0.15) is 0 Å². The molecular formula is C13H18NO3P. The second-order valence-corrected chi connectivity index (χ2v) is 5.74. The molecule has 0 aliphatic carbocycles. The molecule has 2 N–H and O–H groups in total. The maximum absolute atomic E-state index is 12.4. The minimum atomic E-state index is -3.19. The van der Waals surface area contributed by atoms with Crippen molar-refractivity contribution in [2.75, 3.05) is 18.9 Å². The first-order valence-electron chi connectivity index (χ1n) is 5.54. The first-order chi connectivity index (χ1) is 8.59. The molecule has 0 unspecified atom stereocenters. The number of rotatable bonds is 8. The Hall–Kier alpha value is -1.35. The highest BCUT2D eigenvalue weighted by atomic mass is 31.2. The van der Waals surface area contributed by atoms with Gasteiger partial charge in [0.2, 0.25) is 0 Å². The minimum Gasteiger partial charge on any atom is -0.399 e. The van der Waals surface area contributed by atoms with E-state index in [0.29, 0.717) is 5.69 Å². The average Bonchev–Trinajstić information content (AvgIpc) is 2.34. The normalized spacial score (nSPS) is 11.1. The molecule has 0 bridgehead atoms. The number of anilines is 1. The SMILES string of the molecule is C=CCOP(=O)(Cc1cccc(N)c1)OCC=C. The molecule has 1 rings (SSSR count). The largest absolute Gasteiger partial charge is 0.399 e. The number of nitrogen functional groups attached to an aromatic ring is 1. The smallest absolute Gasteiger partial charge is 0.335 e. The topological polar surface area (TPSA) is 61.5 Å². The van der Waals surface area contributed by atoms with Crippen LogP contribution in [0.2, 0.25) is 0 Å². The van der Waals surface area contributed by atoms with Crippen LogP contribution in [0.4, 0.5) is 5.69 Å². The second kappa shape index (κ2) is 7.17. The third-order valence-electron chi connectivity index (χ3n) is 2.11. The predicted octanol–water partition coefficient (Wildman–Crippen LogP) is 3.37. The quantitative estimate of drug-likeness (QED) is 0.445. The van der Waals surface area contributed by atoms with Crippen LogP contribution < -0.4 is 5.73 Å². The Labute approximate surface area is 108 Å². The highest BCUT2D eigenvalue weighted by Crippen LogP contribution is 2.51. The van der Waals surface area contributed by atoms with Crippen LogP contribution in [0.25, 0.3) is 0 Å². The summed E-state index contributed by atoms with van der Waals surface area (Å²) in [5, 5.41) is 0. The Kier molecular flexibility index (Phi) is 5.86. The van der Waals surface area contributed by atoms with Gasteiger partial charge in [-0.05, 0) is 17.7 Å². The number of hydrogen-bond acceptors (Lipinski definition) is 4. The molecule has 1 aromatic carbocycles. The zero-order chi connectivity index (χ0) is 13.4. The molecule has 0 amide bonds. The van der Waals surface area contributed by atoms with Crippen molar-refractivity contribution < 1.29 is 13.6 Å². The zero-order valence-electron chi connectivity index (χ0n) is 10.2. The van der Waals surface area contributed by atoms with Crippen molar-refractivity contribution in [3.8, 4) is 0 Å². The van der Waals surface area contributed by atoms with E-state index >= 15 is 0 Å². The second-order valence-electron chi connectivity index (χ2n) is 3.68. The van der Waals surface area contributed by atoms with Gasteiger partial charge < -0.3 is 14.8 Å². The van der Waals surface area contributed by atoms with Gasteiger partial charge in [0, 0.05) is 5.69 Å². The van der Waals surface area contributed by atoms with Crippen molar-refractivity contribution in [3.05, 3.63) is 55.1 Å². The zero-order valence-corrected chi connectivity index (χ0v) is 11.1. The Morgan fingerprint density at radius 1 is 1.22 bits per heavy atom. The van der Waals surface area contributed by atoms with Crippen molar-refractivity contribution in [2.24, 2.45) is 0 Å². The molecule has 0 aromatic heterocycles. The Morgan fingerprint density at radius 3 is 2.33 bits per heavy atom. The molecule has 0 saturated carbocycles. The summed E-state index contributed by atoms with van der Waals surface area (Å²) >= 11 is 0. The lowest BCUT2D eigenvalue weighted by Gasteiger charge is -2.17. The highest BCUT2D eigenvalue weighted by molar-refractivity contribution is 7.53. The molecule has 0 heterocycles. The summed E-state index contributed by atoms with van der Waals surface area (Å²) in [4.78, 5) is 0. The average molecular weight is 267 g/mol. The summed E-state index contributed by atoms with van der Waals surface area (Å²) in [7, 11) is -3.19. The van der Waals surface area contributed by atoms with Crippen molar-refractivity contribution in [1.29, 1.82) is 0 Å². The van der Waals surface area contributed by atoms with Crippen molar-refractivity contribution in [3.63, 3.8) is 0 Å². The Morgan fingerprint density at radius 2 is 1.83 bits per heavy atom. The Balaban J connectivity index is 2.79. The number of benzene rings is 1. The fraction of sp³-hybridized carbons (Fsp3) is 0.231. The first kappa shape index (κ1) is 14.7. The van der Waals surface area contributed by atoms with E-state index in [9.17, 15) is 4.57 Å². The van der Waals surface area contributed by atoms with Gasteiger partial charge in [-0.25, -0.2) is 0 Å². The lowest BCUT2D eigenvalue weighted by Crippen LogP contribution is -2.00. The molecule has 0 aliphatic heterocycles. The molecule has 4 nitrogen and oxygen atoms in total. The van der Waals surface area contributed by atoms with Gasteiger partial charge in [0.1, 0.15) is 0 Å². The van der Waals surface area contributed by atoms with E-state index in [1.165, 1.54) is 12.2 Å². The van der Waals surface area contributed by atoms with Gasteiger partial charge in [0.05, 0.1) is 19.4 Å². The lowest BCUT2D eigenvalue weighted by atomic mass is 10.2. The molecule has 0 spiro atoms. The Bertz CT molecular complexity index is 443. The van der Waals surface area contributed by atoms with Crippen LogP contribution >= 0.6 is 7.60 Å². The fourth-order valence-electron chi connectivity index (χ4n) is 1.38. The summed E-state index contributed by atoms with van der Waals surface area (Å²) in [6.07, 6.45) is 3.24. The summed E-state index contributed by atoms with van der Waals surface area (Å²) in [5.74, 6) is 0. The summed E-state index contributed by atoms with van der Waals surface area (Å²) in [5.41, 5.74) is 7.10. The highest BCUT2D eigenvalue weighted by Gasteiger charge is 2.24. The van der Waals surface area contributed by atoms with E-state index in [-0.39, 0.29) is 19.4 Å². The third kappa shape index (κ3) is 4.88.